The summed E-state index contributed by atoms with van der Waals surface area (Å²) in [7, 11) is 3.29. The molecule has 0 bridgehead atoms. The molecule has 0 aliphatic carbocycles. The summed E-state index contributed by atoms with van der Waals surface area (Å²) >= 11 is 1.57. The molecule has 5 amide bonds. The number of rotatable bonds is 17. The molecule has 8 rings (SSSR count). The number of pyridine rings is 1. The predicted octanol–water partition coefficient (Wildman–Crippen LogP) is 5.82. The van der Waals surface area contributed by atoms with Gasteiger partial charge in [0.25, 0.3) is 5.91 Å². The Kier molecular flexibility index (Phi) is 17.2. The number of nitrogens with zero attached hydrogens (tertiary/aromatic N) is 9. The summed E-state index contributed by atoms with van der Waals surface area (Å²) in [6.07, 6.45) is 4.28. The molecule has 2 aromatic carbocycles. The van der Waals surface area contributed by atoms with E-state index in [2.05, 4.69) is 63.4 Å². The zero-order valence-corrected chi connectivity index (χ0v) is 45.0. The van der Waals surface area contributed by atoms with Gasteiger partial charge in [0.15, 0.2) is 23.1 Å². The van der Waals surface area contributed by atoms with Gasteiger partial charge in [0.05, 0.1) is 52.3 Å². The predicted molar refractivity (Wildman–Crippen MR) is 291 cm³/mol. The zero-order valence-electron chi connectivity index (χ0n) is 44.2. The van der Waals surface area contributed by atoms with Gasteiger partial charge in [-0.2, -0.15) is 5.10 Å². The van der Waals surface area contributed by atoms with E-state index < -0.39 is 35.4 Å². The Morgan fingerprint density at radius 3 is 2.35 bits per heavy atom. The van der Waals surface area contributed by atoms with Crippen LogP contribution in [-0.2, 0) is 26.2 Å². The first-order valence-electron chi connectivity index (χ1n) is 25.4. The lowest BCUT2D eigenvalue weighted by molar-refractivity contribution is -0.144. The number of hydrogen-bond acceptors (Lipinski definition) is 16. The summed E-state index contributed by atoms with van der Waals surface area (Å²) in [6.45, 7) is 10.4. The Bertz CT molecular complexity index is 3170. The van der Waals surface area contributed by atoms with Crippen LogP contribution in [0.25, 0.3) is 21.8 Å². The summed E-state index contributed by atoms with van der Waals surface area (Å²) in [4.78, 5) is 84.3. The SMILES string of the molecule is COc1c(Nc2cc(Nc3ccc(C#CC4CCN(C(=O)CCCC(=O)N[C@H](C(=O)N5C[C@H](O)C[C@@H]5C(=O)N[C@@H](C)c5ccc(-c6scnc6C)cc5)C(C)(C)C)CC4)cn3)nnc2C(N)=O)cccc1-c1ncn(C)n1. The molecule has 77 heavy (non-hydrogen) atoms. The molecule has 4 atom stereocenters. The van der Waals surface area contributed by atoms with Crippen molar-refractivity contribution in [2.75, 3.05) is 37.4 Å². The number of aliphatic hydroxyl groups excluding tert-OH is 1. The van der Waals surface area contributed by atoms with Crippen LogP contribution < -0.4 is 31.7 Å². The summed E-state index contributed by atoms with van der Waals surface area (Å²) in [5.41, 5.74) is 11.7. The van der Waals surface area contributed by atoms with Gasteiger partial charge in [-0.3, -0.25) is 28.7 Å². The van der Waals surface area contributed by atoms with Crippen LogP contribution in [0.5, 0.6) is 5.75 Å². The van der Waals surface area contributed by atoms with Crippen LogP contribution in [0.3, 0.4) is 0 Å². The maximum Gasteiger partial charge on any atom is 0.271 e. The van der Waals surface area contributed by atoms with E-state index in [4.69, 9.17) is 10.5 Å². The normalized spacial score (nSPS) is 16.4. The number of methoxy groups -OCH3 is 1. The van der Waals surface area contributed by atoms with E-state index in [1.165, 1.54) is 12.0 Å². The molecule has 7 N–H and O–H groups in total. The fraction of sp³-hybridized carbons (Fsp3) is 0.400. The van der Waals surface area contributed by atoms with Gasteiger partial charge in [0.2, 0.25) is 23.6 Å². The number of thiazole rings is 1. The van der Waals surface area contributed by atoms with E-state index in [1.807, 2.05) is 76.5 Å². The topological polar surface area (TPSA) is 278 Å². The first-order valence-corrected chi connectivity index (χ1v) is 26.3. The summed E-state index contributed by atoms with van der Waals surface area (Å²) < 4.78 is 7.30. The van der Waals surface area contributed by atoms with Gasteiger partial charge in [-0.05, 0) is 73.9 Å². The van der Waals surface area contributed by atoms with E-state index in [9.17, 15) is 29.1 Å². The van der Waals surface area contributed by atoms with Crippen molar-refractivity contribution in [2.24, 2.45) is 24.1 Å². The van der Waals surface area contributed by atoms with E-state index in [1.54, 1.807) is 64.8 Å². The van der Waals surface area contributed by atoms with Crippen LogP contribution in [0.2, 0.25) is 0 Å². The second kappa shape index (κ2) is 24.1. The van der Waals surface area contributed by atoms with Gasteiger partial charge >= 0.3 is 0 Å². The van der Waals surface area contributed by atoms with Crippen LogP contribution in [-0.4, -0.2) is 124 Å². The molecule has 4 aromatic heterocycles. The van der Waals surface area contributed by atoms with Crippen molar-refractivity contribution < 1.29 is 33.8 Å². The zero-order chi connectivity index (χ0) is 55.0. The molecular formula is C55H64N14O7S. The lowest BCUT2D eigenvalue weighted by atomic mass is 9.85. The largest absolute Gasteiger partial charge is 0.494 e. The molecule has 402 valence electrons. The third-order valence-corrected chi connectivity index (χ3v) is 14.5. The lowest BCUT2D eigenvalue weighted by Crippen LogP contribution is -2.57. The number of benzene rings is 2. The van der Waals surface area contributed by atoms with Gasteiger partial charge in [-0.1, -0.05) is 62.9 Å². The highest BCUT2D eigenvalue weighted by Gasteiger charge is 2.45. The van der Waals surface area contributed by atoms with Crippen LogP contribution in [0.4, 0.5) is 23.0 Å². The molecule has 6 heterocycles. The smallest absolute Gasteiger partial charge is 0.271 e. The molecule has 21 nitrogen and oxygen atoms in total. The third kappa shape index (κ3) is 13.6. The van der Waals surface area contributed by atoms with E-state index in [-0.39, 0.29) is 66.9 Å². The van der Waals surface area contributed by atoms with Gasteiger partial charge in [-0.25, -0.2) is 15.0 Å². The summed E-state index contributed by atoms with van der Waals surface area (Å²) in [5, 5.41) is 35.5. The highest BCUT2D eigenvalue weighted by Crippen LogP contribution is 2.37. The van der Waals surface area contributed by atoms with Crippen LogP contribution in [0.1, 0.15) is 99.6 Å². The van der Waals surface area contributed by atoms with Crippen molar-refractivity contribution in [2.45, 2.75) is 97.4 Å². The number of hydrogen-bond donors (Lipinski definition) is 6. The molecule has 2 aliphatic rings. The molecule has 0 unspecified atom stereocenters. The number of aryl methyl sites for hydroxylation is 2. The molecule has 0 radical (unpaired) electrons. The molecule has 22 heteroatoms. The van der Waals surface area contributed by atoms with Crippen LogP contribution >= 0.6 is 11.3 Å². The first-order chi connectivity index (χ1) is 36.8. The van der Waals surface area contributed by atoms with Crippen molar-refractivity contribution in [1.82, 2.24) is 55.4 Å². The average molecular weight is 1070 g/mol. The van der Waals surface area contributed by atoms with Crippen LogP contribution in [0.15, 0.2) is 78.7 Å². The molecule has 0 spiro atoms. The molecule has 2 fully saturated rings. The van der Waals surface area contributed by atoms with E-state index in [0.29, 0.717) is 72.4 Å². The van der Waals surface area contributed by atoms with Crippen molar-refractivity contribution >= 4 is 63.9 Å². The monoisotopic (exact) mass is 1060 g/mol. The van der Waals surface area contributed by atoms with Gasteiger partial charge in [-0.15, -0.1) is 21.5 Å². The van der Waals surface area contributed by atoms with Crippen molar-refractivity contribution in [3.8, 4) is 39.4 Å². The number of likely N-dealkylation sites (tertiary alicyclic amines) is 2. The maximum atomic E-state index is 14.2. The Labute approximate surface area is 450 Å². The molecule has 0 saturated carbocycles. The standard InChI is InChI=1S/C55H64N14O7S/c1-32(36-17-19-37(20-18-36)49-33(2)59-31-77-49)60-53(74)42-26-38(70)29-69(42)54(75)50(55(3,4)5)63-45(71)12-9-13-46(72)68-24-22-34(23-25-68)14-15-35-16-21-43(57-28-35)62-44-27-41(47(51(56)73)65-64-44)61-40-11-8-10-39(48(40)76-7)52-58-30-67(6)66-52/h8,10-11,16-21,27-28,30-32,34,38,42,50,70H,9,12-13,22-26,29H2,1-7H3,(H2,56,73)(H,60,74)(H,63,71)(H2,57,61,62,64)/t32-,38+,42+,50+/m0/s1. The van der Waals surface area contributed by atoms with E-state index >= 15 is 0 Å². The number of anilines is 4. The molecular weight excluding hydrogens is 1000 g/mol. The average Bonchev–Trinajstić information content (AvgIpc) is 4.16. The number of aliphatic hydroxyl groups is 1. The fourth-order valence-electron chi connectivity index (χ4n) is 9.31. The molecule has 2 aliphatic heterocycles. The second-order valence-electron chi connectivity index (χ2n) is 20.3. The van der Waals surface area contributed by atoms with E-state index in [0.717, 1.165) is 21.7 Å². The number of piperidine rings is 1. The number of para-hydroxylation sites is 1. The first kappa shape index (κ1) is 55.0. The quantitative estimate of drug-likeness (QED) is 0.0587. The van der Waals surface area contributed by atoms with Crippen LogP contribution in [0, 0.1) is 30.1 Å². The Morgan fingerprint density at radius 1 is 0.935 bits per heavy atom. The number of primary amides is 1. The van der Waals surface area contributed by atoms with Crippen molar-refractivity contribution in [3.05, 3.63) is 101 Å². The molecule has 6 aromatic rings. The highest BCUT2D eigenvalue weighted by atomic mass is 32.1. The summed E-state index contributed by atoms with van der Waals surface area (Å²) in [6, 6.07) is 16.2. The molecule has 2 saturated heterocycles. The maximum absolute atomic E-state index is 14.2. The number of carbonyl (C=O) groups is 5. The number of ether oxygens (including phenoxy) is 1. The number of nitrogens with two attached hydrogens (primary N) is 1. The minimum Gasteiger partial charge on any atom is -0.494 e. The Hall–Kier alpha value is -8.29. The Balaban J connectivity index is 0.784. The fourth-order valence-corrected chi connectivity index (χ4v) is 10.1. The minimum absolute atomic E-state index is 0.0329. The van der Waals surface area contributed by atoms with Gasteiger partial charge in [0.1, 0.15) is 24.2 Å². The number of carbonyl (C=O) groups excluding carboxylic acids is 5. The van der Waals surface area contributed by atoms with Gasteiger partial charge in [0, 0.05) is 69.7 Å². The number of amides is 5. The Morgan fingerprint density at radius 2 is 1.70 bits per heavy atom. The third-order valence-electron chi connectivity index (χ3n) is 13.5. The van der Waals surface area contributed by atoms with Crippen molar-refractivity contribution in [1.29, 1.82) is 0 Å². The minimum atomic E-state index is -0.976. The highest BCUT2D eigenvalue weighted by molar-refractivity contribution is 7.13. The van der Waals surface area contributed by atoms with Gasteiger partial charge < -0.3 is 46.6 Å². The summed E-state index contributed by atoms with van der Waals surface area (Å²) in [5.74, 6) is 6.22. The van der Waals surface area contributed by atoms with Crippen molar-refractivity contribution in [3.63, 3.8) is 0 Å². The number of aromatic nitrogens is 7. The second-order valence-corrected chi connectivity index (χ2v) is 21.2. The lowest BCUT2D eigenvalue weighted by Gasteiger charge is -2.35. The number of nitrogens with one attached hydrogen (secondary N) is 4. The number of β-amino-alcohol motifs (C(OH)–C–C–N with tert-alkyl or cyclic N) is 1.